The SMILES string of the molecule is CCOc1ccc(C(=O)NCC2=CCCCC2)cc1Cl. The summed E-state index contributed by atoms with van der Waals surface area (Å²) in [5.41, 5.74) is 1.89. The van der Waals surface area contributed by atoms with Crippen molar-refractivity contribution in [3.05, 3.63) is 40.4 Å². The lowest BCUT2D eigenvalue weighted by molar-refractivity contribution is 0.0956. The van der Waals surface area contributed by atoms with Gasteiger partial charge >= 0.3 is 0 Å². The molecule has 0 bridgehead atoms. The maximum atomic E-state index is 12.1. The van der Waals surface area contributed by atoms with Crippen molar-refractivity contribution in [2.75, 3.05) is 13.2 Å². The molecule has 1 aliphatic rings. The van der Waals surface area contributed by atoms with Gasteiger partial charge in [-0.2, -0.15) is 0 Å². The standard InChI is InChI=1S/C16H20ClNO2/c1-2-20-15-9-8-13(10-14(15)17)16(19)18-11-12-6-4-3-5-7-12/h6,8-10H,2-5,7,11H2,1H3,(H,18,19). The molecule has 2 rings (SSSR count). The van der Waals surface area contributed by atoms with Crippen LogP contribution < -0.4 is 10.1 Å². The van der Waals surface area contributed by atoms with Gasteiger partial charge in [-0.1, -0.05) is 23.3 Å². The number of hydrogen-bond donors (Lipinski definition) is 1. The average molecular weight is 294 g/mol. The molecule has 0 fully saturated rings. The molecule has 1 aromatic carbocycles. The van der Waals surface area contributed by atoms with E-state index in [2.05, 4.69) is 11.4 Å². The van der Waals surface area contributed by atoms with Gasteiger partial charge in [0.05, 0.1) is 11.6 Å². The number of rotatable bonds is 5. The number of ether oxygens (including phenoxy) is 1. The van der Waals surface area contributed by atoms with Crippen molar-refractivity contribution in [2.45, 2.75) is 32.6 Å². The Balaban J connectivity index is 1.95. The van der Waals surface area contributed by atoms with Crippen molar-refractivity contribution in [3.8, 4) is 5.75 Å². The van der Waals surface area contributed by atoms with Crippen LogP contribution in [-0.2, 0) is 0 Å². The Bertz CT molecular complexity index is 511. The van der Waals surface area contributed by atoms with Gasteiger partial charge in [0.2, 0.25) is 0 Å². The molecule has 20 heavy (non-hydrogen) atoms. The first-order valence-corrected chi connectivity index (χ1v) is 7.47. The number of carbonyl (C=O) groups excluding carboxylic acids is 1. The lowest BCUT2D eigenvalue weighted by Gasteiger charge is -2.13. The van der Waals surface area contributed by atoms with Gasteiger partial charge in [-0.25, -0.2) is 0 Å². The summed E-state index contributed by atoms with van der Waals surface area (Å²) in [5.74, 6) is 0.516. The molecule has 4 heteroatoms. The highest BCUT2D eigenvalue weighted by atomic mass is 35.5. The average Bonchev–Trinajstić information content (AvgIpc) is 2.48. The Morgan fingerprint density at radius 1 is 1.40 bits per heavy atom. The van der Waals surface area contributed by atoms with Crippen molar-refractivity contribution in [2.24, 2.45) is 0 Å². The predicted molar refractivity (Wildman–Crippen MR) is 81.5 cm³/mol. The van der Waals surface area contributed by atoms with Gasteiger partial charge in [-0.05, 0) is 50.8 Å². The van der Waals surface area contributed by atoms with Crippen LogP contribution in [0.4, 0.5) is 0 Å². The zero-order valence-electron chi connectivity index (χ0n) is 11.7. The molecule has 0 aromatic heterocycles. The second-order valence-electron chi connectivity index (χ2n) is 4.87. The Kier molecular flexibility index (Phi) is 5.48. The minimum atomic E-state index is -0.0959. The third-order valence-electron chi connectivity index (χ3n) is 3.35. The number of hydrogen-bond acceptors (Lipinski definition) is 2. The van der Waals surface area contributed by atoms with Crippen molar-refractivity contribution in [3.63, 3.8) is 0 Å². The highest BCUT2D eigenvalue weighted by Gasteiger charge is 2.10. The van der Waals surface area contributed by atoms with E-state index in [4.69, 9.17) is 16.3 Å². The van der Waals surface area contributed by atoms with E-state index in [9.17, 15) is 4.79 Å². The first kappa shape index (κ1) is 14.9. The van der Waals surface area contributed by atoms with E-state index in [1.165, 1.54) is 18.4 Å². The fraction of sp³-hybridized carbons (Fsp3) is 0.438. The Morgan fingerprint density at radius 3 is 2.90 bits per heavy atom. The van der Waals surface area contributed by atoms with E-state index < -0.39 is 0 Å². The second-order valence-corrected chi connectivity index (χ2v) is 5.28. The smallest absolute Gasteiger partial charge is 0.251 e. The van der Waals surface area contributed by atoms with E-state index in [0.29, 0.717) is 29.5 Å². The minimum Gasteiger partial charge on any atom is -0.492 e. The topological polar surface area (TPSA) is 38.3 Å². The summed E-state index contributed by atoms with van der Waals surface area (Å²) in [4.78, 5) is 12.1. The fourth-order valence-electron chi connectivity index (χ4n) is 2.28. The van der Waals surface area contributed by atoms with Crippen LogP contribution in [0.15, 0.2) is 29.8 Å². The van der Waals surface area contributed by atoms with Crippen LogP contribution in [0, 0.1) is 0 Å². The molecule has 1 N–H and O–H groups in total. The molecule has 108 valence electrons. The Morgan fingerprint density at radius 2 is 2.25 bits per heavy atom. The summed E-state index contributed by atoms with van der Waals surface area (Å²) in [5, 5.41) is 3.41. The van der Waals surface area contributed by atoms with Gasteiger partial charge in [0.15, 0.2) is 0 Å². The Labute approximate surface area is 125 Å². The van der Waals surface area contributed by atoms with E-state index in [1.54, 1.807) is 18.2 Å². The van der Waals surface area contributed by atoms with Gasteiger partial charge in [-0.15, -0.1) is 0 Å². The zero-order chi connectivity index (χ0) is 14.4. The molecule has 0 radical (unpaired) electrons. The number of carbonyl (C=O) groups is 1. The molecule has 3 nitrogen and oxygen atoms in total. The van der Waals surface area contributed by atoms with Gasteiger partial charge in [0.1, 0.15) is 5.75 Å². The van der Waals surface area contributed by atoms with E-state index in [1.807, 2.05) is 6.92 Å². The normalized spacial score (nSPS) is 14.6. The summed E-state index contributed by atoms with van der Waals surface area (Å²) in [6, 6.07) is 5.12. The molecule has 0 saturated carbocycles. The number of allylic oxidation sites excluding steroid dienone is 1. The highest BCUT2D eigenvalue weighted by Crippen LogP contribution is 2.25. The van der Waals surface area contributed by atoms with E-state index in [-0.39, 0.29) is 5.91 Å². The molecule has 1 aromatic rings. The summed E-state index contributed by atoms with van der Waals surface area (Å²) < 4.78 is 5.35. The van der Waals surface area contributed by atoms with E-state index >= 15 is 0 Å². The maximum Gasteiger partial charge on any atom is 0.251 e. The first-order valence-electron chi connectivity index (χ1n) is 7.09. The summed E-state index contributed by atoms with van der Waals surface area (Å²) >= 11 is 6.08. The van der Waals surface area contributed by atoms with Crippen LogP contribution in [0.5, 0.6) is 5.75 Å². The van der Waals surface area contributed by atoms with Crippen LogP contribution >= 0.6 is 11.6 Å². The number of halogens is 1. The lowest BCUT2D eigenvalue weighted by atomic mass is 9.99. The minimum absolute atomic E-state index is 0.0959. The van der Waals surface area contributed by atoms with Crippen LogP contribution in [0.2, 0.25) is 5.02 Å². The molecule has 0 spiro atoms. The monoisotopic (exact) mass is 293 g/mol. The number of benzene rings is 1. The molecule has 1 amide bonds. The quantitative estimate of drug-likeness (QED) is 0.834. The lowest BCUT2D eigenvalue weighted by Crippen LogP contribution is -2.26. The molecule has 0 saturated heterocycles. The molecule has 0 unspecified atom stereocenters. The van der Waals surface area contributed by atoms with Crippen molar-refractivity contribution in [1.82, 2.24) is 5.32 Å². The van der Waals surface area contributed by atoms with Gasteiger partial charge < -0.3 is 10.1 Å². The zero-order valence-corrected chi connectivity index (χ0v) is 12.5. The Hall–Kier alpha value is -1.48. The fourth-order valence-corrected chi connectivity index (χ4v) is 2.51. The van der Waals surface area contributed by atoms with E-state index in [0.717, 1.165) is 12.8 Å². The predicted octanol–water partition coefficient (Wildman–Crippen LogP) is 3.97. The second kappa shape index (κ2) is 7.34. The molecule has 1 aliphatic carbocycles. The van der Waals surface area contributed by atoms with Crippen molar-refractivity contribution >= 4 is 17.5 Å². The molecule has 0 atom stereocenters. The summed E-state index contributed by atoms with van der Waals surface area (Å²) in [6.07, 6.45) is 6.92. The van der Waals surface area contributed by atoms with Gasteiger partial charge in [0.25, 0.3) is 5.91 Å². The first-order chi connectivity index (χ1) is 9.70. The number of nitrogens with one attached hydrogen (secondary N) is 1. The van der Waals surface area contributed by atoms with Crippen molar-refractivity contribution in [1.29, 1.82) is 0 Å². The third kappa shape index (κ3) is 4.01. The van der Waals surface area contributed by atoms with Gasteiger partial charge in [0, 0.05) is 12.1 Å². The van der Waals surface area contributed by atoms with Crippen LogP contribution in [-0.4, -0.2) is 19.1 Å². The summed E-state index contributed by atoms with van der Waals surface area (Å²) in [6.45, 7) is 3.08. The molecular formula is C16H20ClNO2. The maximum absolute atomic E-state index is 12.1. The third-order valence-corrected chi connectivity index (χ3v) is 3.65. The van der Waals surface area contributed by atoms with Gasteiger partial charge in [-0.3, -0.25) is 4.79 Å². The summed E-state index contributed by atoms with van der Waals surface area (Å²) in [7, 11) is 0. The largest absolute Gasteiger partial charge is 0.492 e. The van der Waals surface area contributed by atoms with Crippen LogP contribution in [0.25, 0.3) is 0 Å². The van der Waals surface area contributed by atoms with Crippen LogP contribution in [0.1, 0.15) is 43.0 Å². The molecular weight excluding hydrogens is 274 g/mol. The molecule has 0 aliphatic heterocycles. The number of amides is 1. The van der Waals surface area contributed by atoms with Crippen molar-refractivity contribution < 1.29 is 9.53 Å². The van der Waals surface area contributed by atoms with Crippen LogP contribution in [0.3, 0.4) is 0 Å². The molecule has 0 heterocycles. The highest BCUT2D eigenvalue weighted by molar-refractivity contribution is 6.32.